The van der Waals surface area contributed by atoms with Crippen molar-refractivity contribution in [3.8, 4) is 11.5 Å². The van der Waals surface area contributed by atoms with Gasteiger partial charge in [0.2, 0.25) is 0 Å². The first-order chi connectivity index (χ1) is 13.3. The Hall–Kier alpha value is -3.16. The standard InChI is InChI=1S/C20H20F3NO4/c1-3-5-14-8-9-17(18(12-14)26-2)27-10-11-28-19(25)24-16-7-4-6-15(13-16)20(21,22)23/h3-9,12-13H,10-11H2,1-2H3,(H,24,25)/b5-3-. The zero-order valence-corrected chi connectivity index (χ0v) is 15.4. The fraction of sp³-hybridized carbons (Fsp3) is 0.250. The number of rotatable bonds is 7. The van der Waals surface area contributed by atoms with Crippen molar-refractivity contribution in [2.75, 3.05) is 25.6 Å². The van der Waals surface area contributed by atoms with Gasteiger partial charge in [-0.15, -0.1) is 0 Å². The molecule has 2 rings (SSSR count). The number of alkyl halides is 3. The summed E-state index contributed by atoms with van der Waals surface area (Å²) in [5.74, 6) is 1.02. The molecular formula is C20H20F3NO4. The van der Waals surface area contributed by atoms with E-state index in [9.17, 15) is 18.0 Å². The number of anilines is 1. The Kier molecular flexibility index (Phi) is 7.31. The largest absolute Gasteiger partial charge is 0.493 e. The normalized spacial score (nSPS) is 11.3. The van der Waals surface area contributed by atoms with E-state index in [1.165, 1.54) is 19.2 Å². The molecule has 1 N–H and O–H groups in total. The Balaban J connectivity index is 1.83. The predicted octanol–water partition coefficient (Wildman–Crippen LogP) is 5.37. The third kappa shape index (κ3) is 6.22. The zero-order valence-electron chi connectivity index (χ0n) is 15.4. The molecule has 0 saturated heterocycles. The average Bonchev–Trinajstić information content (AvgIpc) is 2.65. The molecule has 0 heterocycles. The molecule has 28 heavy (non-hydrogen) atoms. The van der Waals surface area contributed by atoms with Gasteiger partial charge in [-0.2, -0.15) is 13.2 Å². The summed E-state index contributed by atoms with van der Waals surface area (Å²) in [6, 6.07) is 9.66. The van der Waals surface area contributed by atoms with Gasteiger partial charge in [-0.25, -0.2) is 4.79 Å². The highest BCUT2D eigenvalue weighted by Crippen LogP contribution is 2.31. The summed E-state index contributed by atoms with van der Waals surface area (Å²) < 4.78 is 53.7. The van der Waals surface area contributed by atoms with Crippen LogP contribution in [0, 0.1) is 0 Å². The molecule has 0 aliphatic rings. The summed E-state index contributed by atoms with van der Waals surface area (Å²) >= 11 is 0. The first-order valence-electron chi connectivity index (χ1n) is 8.38. The maximum atomic E-state index is 12.7. The molecule has 2 aromatic rings. The van der Waals surface area contributed by atoms with Gasteiger partial charge in [0.15, 0.2) is 11.5 Å². The fourth-order valence-electron chi connectivity index (χ4n) is 2.31. The van der Waals surface area contributed by atoms with E-state index in [2.05, 4.69) is 5.32 Å². The van der Waals surface area contributed by atoms with Gasteiger partial charge in [-0.05, 0) is 42.8 Å². The van der Waals surface area contributed by atoms with Crippen LogP contribution in [-0.4, -0.2) is 26.4 Å². The van der Waals surface area contributed by atoms with Crippen LogP contribution in [-0.2, 0) is 10.9 Å². The third-order valence-corrected chi connectivity index (χ3v) is 3.56. The molecule has 0 aliphatic carbocycles. The number of nitrogens with one attached hydrogen (secondary N) is 1. The monoisotopic (exact) mass is 395 g/mol. The van der Waals surface area contributed by atoms with Crippen molar-refractivity contribution >= 4 is 17.9 Å². The van der Waals surface area contributed by atoms with E-state index < -0.39 is 17.8 Å². The lowest BCUT2D eigenvalue weighted by molar-refractivity contribution is -0.137. The lowest BCUT2D eigenvalue weighted by Crippen LogP contribution is -2.18. The average molecular weight is 395 g/mol. The maximum Gasteiger partial charge on any atom is 0.416 e. The quantitative estimate of drug-likeness (QED) is 0.640. The van der Waals surface area contributed by atoms with Crippen LogP contribution in [0.15, 0.2) is 48.5 Å². The molecule has 0 spiro atoms. The molecule has 0 atom stereocenters. The van der Waals surface area contributed by atoms with Crippen LogP contribution in [0.5, 0.6) is 11.5 Å². The number of allylic oxidation sites excluding steroid dienone is 1. The zero-order chi connectivity index (χ0) is 20.6. The van der Waals surface area contributed by atoms with E-state index in [0.29, 0.717) is 11.5 Å². The molecule has 150 valence electrons. The van der Waals surface area contributed by atoms with Crippen LogP contribution in [0.1, 0.15) is 18.1 Å². The molecule has 0 aliphatic heterocycles. The molecule has 0 saturated carbocycles. The van der Waals surface area contributed by atoms with Crippen LogP contribution < -0.4 is 14.8 Å². The van der Waals surface area contributed by atoms with Crippen molar-refractivity contribution in [2.24, 2.45) is 0 Å². The second-order valence-electron chi connectivity index (χ2n) is 5.60. The second-order valence-corrected chi connectivity index (χ2v) is 5.60. The summed E-state index contributed by atoms with van der Waals surface area (Å²) in [6.07, 6.45) is -1.56. The number of ether oxygens (including phenoxy) is 3. The fourth-order valence-corrected chi connectivity index (χ4v) is 2.31. The minimum Gasteiger partial charge on any atom is -0.493 e. The van der Waals surface area contributed by atoms with Crippen molar-refractivity contribution in [3.63, 3.8) is 0 Å². The van der Waals surface area contributed by atoms with Crippen LogP contribution in [0.4, 0.5) is 23.7 Å². The Morgan fingerprint density at radius 3 is 2.57 bits per heavy atom. The minimum atomic E-state index is -4.49. The van der Waals surface area contributed by atoms with Crippen LogP contribution in [0.3, 0.4) is 0 Å². The summed E-state index contributed by atoms with van der Waals surface area (Å²) in [6.45, 7) is 1.86. The Morgan fingerprint density at radius 2 is 1.89 bits per heavy atom. The number of benzene rings is 2. The highest BCUT2D eigenvalue weighted by molar-refractivity contribution is 5.84. The lowest BCUT2D eigenvalue weighted by atomic mass is 10.2. The number of halogens is 3. The van der Waals surface area contributed by atoms with E-state index in [4.69, 9.17) is 14.2 Å². The molecule has 0 unspecified atom stereocenters. The molecule has 0 bridgehead atoms. The highest BCUT2D eigenvalue weighted by Gasteiger charge is 2.30. The van der Waals surface area contributed by atoms with Crippen molar-refractivity contribution in [3.05, 3.63) is 59.7 Å². The molecule has 0 radical (unpaired) electrons. The van der Waals surface area contributed by atoms with Gasteiger partial charge in [-0.3, -0.25) is 5.32 Å². The van der Waals surface area contributed by atoms with Gasteiger partial charge in [-0.1, -0.05) is 24.3 Å². The third-order valence-electron chi connectivity index (χ3n) is 3.56. The van der Waals surface area contributed by atoms with Crippen LogP contribution in [0.25, 0.3) is 6.08 Å². The van der Waals surface area contributed by atoms with E-state index in [1.807, 2.05) is 25.1 Å². The molecule has 5 nitrogen and oxygen atoms in total. The van der Waals surface area contributed by atoms with Crippen molar-refractivity contribution in [1.29, 1.82) is 0 Å². The number of hydrogen-bond donors (Lipinski definition) is 1. The highest BCUT2D eigenvalue weighted by atomic mass is 19.4. The molecule has 8 heteroatoms. The van der Waals surface area contributed by atoms with Crippen molar-refractivity contribution < 1.29 is 32.2 Å². The van der Waals surface area contributed by atoms with Gasteiger partial charge >= 0.3 is 12.3 Å². The Bertz CT molecular complexity index is 834. The van der Waals surface area contributed by atoms with E-state index >= 15 is 0 Å². The second kappa shape index (κ2) is 9.68. The predicted molar refractivity (Wildman–Crippen MR) is 99.6 cm³/mol. The molecular weight excluding hydrogens is 375 g/mol. The van der Waals surface area contributed by atoms with Gasteiger partial charge in [0.1, 0.15) is 13.2 Å². The molecule has 1 amide bonds. The first kappa shape index (κ1) is 21.1. The molecule has 0 aromatic heterocycles. The van der Waals surface area contributed by atoms with Crippen LogP contribution in [0.2, 0.25) is 0 Å². The van der Waals surface area contributed by atoms with Crippen LogP contribution >= 0.6 is 0 Å². The lowest BCUT2D eigenvalue weighted by Gasteiger charge is -2.12. The number of amides is 1. The van der Waals surface area contributed by atoms with E-state index in [-0.39, 0.29) is 18.9 Å². The van der Waals surface area contributed by atoms with Gasteiger partial charge < -0.3 is 14.2 Å². The summed E-state index contributed by atoms with van der Waals surface area (Å²) in [5, 5.41) is 2.25. The first-order valence-corrected chi connectivity index (χ1v) is 8.38. The van der Waals surface area contributed by atoms with Gasteiger partial charge in [0, 0.05) is 5.69 Å². The minimum absolute atomic E-state index is 0.0121. The van der Waals surface area contributed by atoms with E-state index in [1.54, 1.807) is 12.1 Å². The Labute approximate surface area is 160 Å². The topological polar surface area (TPSA) is 56.8 Å². The van der Waals surface area contributed by atoms with Crippen molar-refractivity contribution in [2.45, 2.75) is 13.1 Å². The van der Waals surface area contributed by atoms with E-state index in [0.717, 1.165) is 17.7 Å². The smallest absolute Gasteiger partial charge is 0.416 e. The number of methoxy groups -OCH3 is 1. The Morgan fingerprint density at radius 1 is 1.11 bits per heavy atom. The SMILES string of the molecule is C/C=C\c1ccc(OCCOC(=O)Nc2cccc(C(F)(F)F)c2)c(OC)c1. The summed E-state index contributed by atoms with van der Waals surface area (Å²) in [5.41, 5.74) is 0.0764. The summed E-state index contributed by atoms with van der Waals surface area (Å²) in [4.78, 5) is 11.7. The van der Waals surface area contributed by atoms with Crippen molar-refractivity contribution in [1.82, 2.24) is 0 Å². The molecule has 0 fully saturated rings. The number of carbonyl (C=O) groups excluding carboxylic acids is 1. The van der Waals surface area contributed by atoms with Gasteiger partial charge in [0.25, 0.3) is 0 Å². The van der Waals surface area contributed by atoms with Gasteiger partial charge in [0.05, 0.1) is 12.7 Å². The number of hydrogen-bond acceptors (Lipinski definition) is 4. The molecule has 2 aromatic carbocycles. The maximum absolute atomic E-state index is 12.7. The summed E-state index contributed by atoms with van der Waals surface area (Å²) in [7, 11) is 1.51. The number of carbonyl (C=O) groups is 1.